The third-order valence-corrected chi connectivity index (χ3v) is 2.71. The molecule has 1 rings (SSSR count). The summed E-state index contributed by atoms with van der Waals surface area (Å²) < 4.78 is 0. The van der Waals surface area contributed by atoms with Crippen LogP contribution in [0, 0.1) is 11.3 Å². The van der Waals surface area contributed by atoms with Crippen molar-refractivity contribution in [3.05, 3.63) is 35.4 Å². The first-order chi connectivity index (χ1) is 7.70. The molecule has 1 aromatic carbocycles. The van der Waals surface area contributed by atoms with E-state index in [-0.39, 0.29) is 12.4 Å². The average Bonchev–Trinajstić information content (AvgIpc) is 2.34. The Bertz CT molecular complexity index is 376. The van der Waals surface area contributed by atoms with Crippen LogP contribution in [0.4, 0.5) is 0 Å². The maximum atomic E-state index is 9.89. The lowest BCUT2D eigenvalue weighted by molar-refractivity contribution is 0.132. The molecule has 0 fully saturated rings. The van der Waals surface area contributed by atoms with Crippen LogP contribution in [0.2, 0.25) is 0 Å². The van der Waals surface area contributed by atoms with E-state index < -0.39 is 12.1 Å². The Kier molecular flexibility index (Phi) is 7.56. The minimum absolute atomic E-state index is 0. The fraction of sp³-hybridized carbons (Fsp3) is 0.462. The van der Waals surface area contributed by atoms with Gasteiger partial charge in [-0.1, -0.05) is 38.0 Å². The monoisotopic (exact) mass is 254 g/mol. The number of rotatable bonds is 5. The molecular formula is C13H19ClN2O. The second-order valence-electron chi connectivity index (χ2n) is 3.93. The molecule has 2 atom stereocenters. The van der Waals surface area contributed by atoms with Crippen molar-refractivity contribution in [2.75, 3.05) is 0 Å². The van der Waals surface area contributed by atoms with E-state index in [1.165, 1.54) is 0 Å². The topological polar surface area (TPSA) is 70.0 Å². The van der Waals surface area contributed by atoms with E-state index in [2.05, 4.69) is 13.0 Å². The number of nitrogens with two attached hydrogens (primary N) is 1. The molecule has 0 aromatic heterocycles. The van der Waals surface area contributed by atoms with Gasteiger partial charge in [-0.25, -0.2) is 0 Å². The molecule has 0 amide bonds. The van der Waals surface area contributed by atoms with E-state index >= 15 is 0 Å². The van der Waals surface area contributed by atoms with E-state index in [0.717, 1.165) is 18.4 Å². The van der Waals surface area contributed by atoms with Crippen LogP contribution in [-0.2, 0) is 0 Å². The Balaban J connectivity index is 0.00000256. The first-order valence-electron chi connectivity index (χ1n) is 5.63. The molecule has 3 nitrogen and oxygen atoms in total. The molecule has 0 bridgehead atoms. The quantitative estimate of drug-likeness (QED) is 0.848. The first-order valence-corrected chi connectivity index (χ1v) is 5.63. The summed E-state index contributed by atoms with van der Waals surface area (Å²) in [5, 5.41) is 18.8. The first kappa shape index (κ1) is 15.9. The Labute approximate surface area is 109 Å². The van der Waals surface area contributed by atoms with Gasteiger partial charge in [0.05, 0.1) is 23.8 Å². The Morgan fingerprint density at radius 1 is 1.41 bits per heavy atom. The Morgan fingerprint density at radius 2 is 2.06 bits per heavy atom. The highest BCUT2D eigenvalue weighted by atomic mass is 35.5. The summed E-state index contributed by atoms with van der Waals surface area (Å²) in [4.78, 5) is 0. The zero-order valence-corrected chi connectivity index (χ0v) is 10.8. The maximum Gasteiger partial charge on any atom is 0.0995 e. The number of nitrogens with zero attached hydrogens (tertiary/aromatic N) is 1. The molecule has 0 saturated heterocycles. The Morgan fingerprint density at radius 3 is 2.65 bits per heavy atom. The lowest BCUT2D eigenvalue weighted by Gasteiger charge is -2.19. The van der Waals surface area contributed by atoms with Gasteiger partial charge in [0.1, 0.15) is 0 Å². The molecule has 0 aliphatic heterocycles. The molecule has 1 aromatic rings. The average molecular weight is 255 g/mol. The summed E-state index contributed by atoms with van der Waals surface area (Å²) in [6, 6.07) is 8.79. The van der Waals surface area contributed by atoms with Gasteiger partial charge in [0.25, 0.3) is 0 Å². The van der Waals surface area contributed by atoms with E-state index in [9.17, 15) is 5.11 Å². The second-order valence-corrected chi connectivity index (χ2v) is 3.93. The normalized spacial score (nSPS) is 13.3. The molecule has 17 heavy (non-hydrogen) atoms. The van der Waals surface area contributed by atoms with Gasteiger partial charge in [-0.3, -0.25) is 0 Å². The number of unbranched alkanes of at least 4 members (excludes halogenated alkanes) is 1. The Hall–Kier alpha value is -1.08. The number of benzene rings is 1. The van der Waals surface area contributed by atoms with Crippen LogP contribution in [0.5, 0.6) is 0 Å². The van der Waals surface area contributed by atoms with Crippen LogP contribution in [0.3, 0.4) is 0 Å². The van der Waals surface area contributed by atoms with Crippen LogP contribution in [0.1, 0.15) is 43.4 Å². The molecule has 0 aliphatic carbocycles. The summed E-state index contributed by atoms with van der Waals surface area (Å²) in [5.41, 5.74) is 7.23. The largest absolute Gasteiger partial charge is 0.391 e. The van der Waals surface area contributed by atoms with Crippen LogP contribution >= 0.6 is 12.4 Å². The second kappa shape index (κ2) is 8.08. The number of nitriles is 1. The van der Waals surface area contributed by atoms with Crippen molar-refractivity contribution in [1.29, 1.82) is 5.26 Å². The molecule has 0 unspecified atom stereocenters. The lowest BCUT2D eigenvalue weighted by Crippen LogP contribution is -2.26. The van der Waals surface area contributed by atoms with Gasteiger partial charge in [0.2, 0.25) is 0 Å². The van der Waals surface area contributed by atoms with Crippen LogP contribution in [-0.4, -0.2) is 11.2 Å². The van der Waals surface area contributed by atoms with Gasteiger partial charge in [-0.2, -0.15) is 5.26 Å². The molecule has 3 N–H and O–H groups in total. The zero-order chi connectivity index (χ0) is 12.0. The number of hydrogen-bond acceptors (Lipinski definition) is 3. The third kappa shape index (κ3) is 4.35. The van der Waals surface area contributed by atoms with Crippen molar-refractivity contribution in [3.8, 4) is 6.07 Å². The van der Waals surface area contributed by atoms with Crippen molar-refractivity contribution < 1.29 is 5.11 Å². The predicted octanol–water partition coefficient (Wildman–Crippen LogP) is 2.53. The molecule has 0 aliphatic rings. The van der Waals surface area contributed by atoms with Gasteiger partial charge in [-0.05, 0) is 18.1 Å². The number of halogens is 1. The van der Waals surface area contributed by atoms with Crippen molar-refractivity contribution in [1.82, 2.24) is 0 Å². The fourth-order valence-electron chi connectivity index (χ4n) is 1.69. The van der Waals surface area contributed by atoms with Gasteiger partial charge in [0, 0.05) is 0 Å². The van der Waals surface area contributed by atoms with E-state index in [4.69, 9.17) is 11.0 Å². The molecular weight excluding hydrogens is 236 g/mol. The molecule has 4 heteroatoms. The van der Waals surface area contributed by atoms with Crippen molar-refractivity contribution >= 4 is 12.4 Å². The van der Waals surface area contributed by atoms with Crippen LogP contribution in [0.25, 0.3) is 0 Å². The standard InChI is InChI=1S/C13H18N2O.ClH/c1-2-3-8-12(16)13(15)11-7-5-4-6-10(11)9-14;/h4-7,12-13,16H,2-3,8,15H2,1H3;1H/t12-,13+;/m0./s1. The molecule has 0 saturated carbocycles. The number of aliphatic hydroxyl groups is 1. The zero-order valence-electron chi connectivity index (χ0n) is 9.97. The SMILES string of the molecule is CCCC[C@H](O)[C@H](N)c1ccccc1C#N.Cl. The van der Waals surface area contributed by atoms with Crippen molar-refractivity contribution in [3.63, 3.8) is 0 Å². The summed E-state index contributed by atoms with van der Waals surface area (Å²) in [6.45, 7) is 2.07. The molecule has 0 heterocycles. The minimum atomic E-state index is -0.575. The number of hydrogen-bond donors (Lipinski definition) is 2. The van der Waals surface area contributed by atoms with E-state index in [1.807, 2.05) is 6.07 Å². The van der Waals surface area contributed by atoms with E-state index in [1.54, 1.807) is 18.2 Å². The van der Waals surface area contributed by atoms with Gasteiger partial charge < -0.3 is 10.8 Å². The fourth-order valence-corrected chi connectivity index (χ4v) is 1.69. The smallest absolute Gasteiger partial charge is 0.0995 e. The van der Waals surface area contributed by atoms with Crippen molar-refractivity contribution in [2.45, 2.75) is 38.3 Å². The number of aliphatic hydroxyl groups excluding tert-OH is 1. The summed E-state index contributed by atoms with van der Waals surface area (Å²) in [5.74, 6) is 0. The maximum absolute atomic E-state index is 9.89. The minimum Gasteiger partial charge on any atom is -0.391 e. The van der Waals surface area contributed by atoms with Gasteiger partial charge in [0.15, 0.2) is 0 Å². The van der Waals surface area contributed by atoms with Crippen molar-refractivity contribution in [2.24, 2.45) is 5.73 Å². The highest BCUT2D eigenvalue weighted by molar-refractivity contribution is 5.85. The molecule has 94 valence electrons. The predicted molar refractivity (Wildman–Crippen MR) is 70.9 cm³/mol. The molecule has 0 radical (unpaired) electrons. The lowest BCUT2D eigenvalue weighted by atomic mass is 9.95. The van der Waals surface area contributed by atoms with Crippen LogP contribution in [0.15, 0.2) is 24.3 Å². The van der Waals surface area contributed by atoms with Crippen LogP contribution < -0.4 is 5.73 Å². The summed E-state index contributed by atoms with van der Waals surface area (Å²) in [7, 11) is 0. The third-order valence-electron chi connectivity index (χ3n) is 2.71. The molecule has 0 spiro atoms. The van der Waals surface area contributed by atoms with E-state index in [0.29, 0.717) is 12.0 Å². The van der Waals surface area contributed by atoms with Gasteiger partial charge in [-0.15, -0.1) is 12.4 Å². The highest BCUT2D eigenvalue weighted by Crippen LogP contribution is 2.21. The summed E-state index contributed by atoms with van der Waals surface area (Å²) in [6.07, 6.45) is 2.08. The summed E-state index contributed by atoms with van der Waals surface area (Å²) >= 11 is 0. The van der Waals surface area contributed by atoms with Gasteiger partial charge >= 0.3 is 0 Å². The highest BCUT2D eigenvalue weighted by Gasteiger charge is 2.18.